The highest BCUT2D eigenvalue weighted by Crippen LogP contribution is 2.29. The Morgan fingerprint density at radius 3 is 2.60 bits per heavy atom. The molecule has 1 fully saturated rings. The summed E-state index contributed by atoms with van der Waals surface area (Å²) in [4.78, 5) is 4.23. The third-order valence-corrected chi connectivity index (χ3v) is 3.38. The van der Waals surface area contributed by atoms with Gasteiger partial charge >= 0.3 is 0 Å². The van der Waals surface area contributed by atoms with Crippen LogP contribution >= 0.6 is 0 Å². The topological polar surface area (TPSA) is 43.8 Å². The Bertz CT molecular complexity index is 296. The van der Waals surface area contributed by atoms with Crippen molar-refractivity contribution < 1.29 is 0 Å². The Labute approximate surface area is 91.7 Å². The van der Waals surface area contributed by atoms with Crippen LogP contribution in [0.15, 0.2) is 12.5 Å². The molecular weight excluding hydrogens is 186 g/mol. The fraction of sp³-hybridized carbons (Fsp3) is 0.750. The van der Waals surface area contributed by atoms with Crippen molar-refractivity contribution >= 4 is 0 Å². The van der Waals surface area contributed by atoms with Crippen molar-refractivity contribution in [3.8, 4) is 0 Å². The molecule has 1 aliphatic rings. The summed E-state index contributed by atoms with van der Waals surface area (Å²) in [6.07, 6.45) is 11.9. The molecule has 0 spiro atoms. The first-order valence-corrected chi connectivity index (χ1v) is 6.06. The highest BCUT2D eigenvalue weighted by atomic mass is 15.1. The highest BCUT2D eigenvalue weighted by Gasteiger charge is 2.17. The molecule has 0 aliphatic heterocycles. The molecule has 0 saturated heterocycles. The van der Waals surface area contributed by atoms with Gasteiger partial charge in [-0.3, -0.25) is 0 Å². The van der Waals surface area contributed by atoms with Gasteiger partial charge in [-0.2, -0.15) is 0 Å². The quantitative estimate of drug-likeness (QED) is 0.758. The first-order chi connectivity index (χ1) is 7.29. The zero-order valence-corrected chi connectivity index (χ0v) is 9.52. The van der Waals surface area contributed by atoms with E-state index in [0.29, 0.717) is 6.04 Å². The minimum atomic E-state index is 0.0933. The van der Waals surface area contributed by atoms with Gasteiger partial charge in [0.15, 0.2) is 0 Å². The second-order valence-electron chi connectivity index (χ2n) is 4.66. The predicted octanol–water partition coefficient (Wildman–Crippen LogP) is 2.80. The lowest BCUT2D eigenvalue weighted by molar-refractivity contribution is 0.425. The molecule has 0 radical (unpaired) electrons. The van der Waals surface area contributed by atoms with Crippen molar-refractivity contribution in [2.45, 2.75) is 57.5 Å². The molecule has 1 aliphatic carbocycles. The third-order valence-electron chi connectivity index (χ3n) is 3.38. The van der Waals surface area contributed by atoms with Crippen LogP contribution in [0, 0.1) is 0 Å². The smallest absolute Gasteiger partial charge is 0.0951 e. The van der Waals surface area contributed by atoms with Gasteiger partial charge in [-0.1, -0.05) is 25.7 Å². The number of nitrogens with two attached hydrogens (primary N) is 1. The summed E-state index contributed by atoms with van der Waals surface area (Å²) >= 11 is 0. The summed E-state index contributed by atoms with van der Waals surface area (Å²) in [5.41, 5.74) is 7.13. The van der Waals surface area contributed by atoms with Crippen LogP contribution in [0.5, 0.6) is 0 Å². The Kier molecular flexibility index (Phi) is 3.41. The number of aromatic nitrogens is 2. The average molecular weight is 207 g/mol. The molecule has 1 heterocycles. The summed E-state index contributed by atoms with van der Waals surface area (Å²) in [6.45, 7) is 2.03. The minimum absolute atomic E-state index is 0.0933. The molecule has 1 aromatic heterocycles. The van der Waals surface area contributed by atoms with E-state index in [1.54, 1.807) is 0 Å². The summed E-state index contributed by atoms with van der Waals surface area (Å²) in [6, 6.07) is 0.728. The normalized spacial score (nSPS) is 21.2. The van der Waals surface area contributed by atoms with Gasteiger partial charge in [-0.05, 0) is 19.8 Å². The lowest BCUT2D eigenvalue weighted by Gasteiger charge is -2.20. The molecule has 1 atom stereocenters. The monoisotopic (exact) mass is 207 g/mol. The van der Waals surface area contributed by atoms with Crippen molar-refractivity contribution in [2.24, 2.45) is 5.73 Å². The maximum Gasteiger partial charge on any atom is 0.0951 e. The van der Waals surface area contributed by atoms with Gasteiger partial charge < -0.3 is 10.3 Å². The van der Waals surface area contributed by atoms with Gasteiger partial charge in [-0.15, -0.1) is 0 Å². The maximum atomic E-state index is 5.94. The second-order valence-corrected chi connectivity index (χ2v) is 4.66. The van der Waals surface area contributed by atoms with Crippen molar-refractivity contribution in [1.82, 2.24) is 9.55 Å². The molecule has 1 saturated carbocycles. The second kappa shape index (κ2) is 4.79. The van der Waals surface area contributed by atoms with Crippen molar-refractivity contribution in [3.05, 3.63) is 18.2 Å². The first kappa shape index (κ1) is 10.7. The maximum absolute atomic E-state index is 5.94. The fourth-order valence-corrected chi connectivity index (χ4v) is 2.51. The zero-order valence-electron chi connectivity index (χ0n) is 9.52. The molecule has 2 N–H and O–H groups in total. The van der Waals surface area contributed by atoms with Crippen molar-refractivity contribution in [2.75, 3.05) is 0 Å². The number of rotatable bonds is 2. The molecule has 0 unspecified atom stereocenters. The van der Waals surface area contributed by atoms with Gasteiger partial charge in [0.25, 0.3) is 0 Å². The van der Waals surface area contributed by atoms with E-state index in [0.717, 1.165) is 0 Å². The molecule has 3 nitrogen and oxygen atoms in total. The Morgan fingerprint density at radius 2 is 2.00 bits per heavy atom. The Morgan fingerprint density at radius 1 is 1.33 bits per heavy atom. The number of imidazole rings is 1. The zero-order chi connectivity index (χ0) is 10.7. The minimum Gasteiger partial charge on any atom is -0.330 e. The number of hydrogen-bond acceptors (Lipinski definition) is 2. The van der Waals surface area contributed by atoms with E-state index in [4.69, 9.17) is 5.73 Å². The van der Waals surface area contributed by atoms with E-state index in [2.05, 4.69) is 9.55 Å². The number of hydrogen-bond donors (Lipinski definition) is 1. The Hall–Kier alpha value is -0.830. The van der Waals surface area contributed by atoms with Crippen LogP contribution in [0.2, 0.25) is 0 Å². The van der Waals surface area contributed by atoms with Crippen LogP contribution < -0.4 is 5.73 Å². The van der Waals surface area contributed by atoms with E-state index >= 15 is 0 Å². The molecular formula is C12H21N3. The van der Waals surface area contributed by atoms with E-state index in [-0.39, 0.29) is 6.04 Å². The molecule has 0 aromatic carbocycles. The lowest BCUT2D eigenvalue weighted by Crippen LogP contribution is -2.16. The van der Waals surface area contributed by atoms with Gasteiger partial charge in [0.2, 0.25) is 0 Å². The molecule has 84 valence electrons. The average Bonchev–Trinajstić information content (AvgIpc) is 2.55. The van der Waals surface area contributed by atoms with Crippen LogP contribution in [0.1, 0.15) is 63.2 Å². The number of nitrogens with zero attached hydrogens (tertiary/aromatic N) is 2. The standard InChI is InChI=1S/C12H21N3/c1-10(13)12-8-14-9-15(12)11-6-4-2-3-5-7-11/h8-11H,2-7,13H2,1H3/t10-/m0/s1. The summed E-state index contributed by atoms with van der Waals surface area (Å²) in [7, 11) is 0. The molecule has 2 rings (SSSR count). The van der Waals surface area contributed by atoms with Crippen LogP contribution in [0.25, 0.3) is 0 Å². The largest absolute Gasteiger partial charge is 0.330 e. The lowest BCUT2D eigenvalue weighted by atomic mass is 10.1. The summed E-state index contributed by atoms with van der Waals surface area (Å²) in [5, 5.41) is 0. The SMILES string of the molecule is C[C@H](N)c1cncn1C1CCCCCC1. The van der Waals surface area contributed by atoms with Gasteiger partial charge in [0, 0.05) is 18.3 Å². The van der Waals surface area contributed by atoms with Crippen molar-refractivity contribution in [1.29, 1.82) is 0 Å². The van der Waals surface area contributed by atoms with E-state index in [9.17, 15) is 0 Å². The highest BCUT2D eigenvalue weighted by molar-refractivity contribution is 5.05. The van der Waals surface area contributed by atoms with Crippen LogP contribution in [0.4, 0.5) is 0 Å². The van der Waals surface area contributed by atoms with Crippen LogP contribution in [-0.2, 0) is 0 Å². The van der Waals surface area contributed by atoms with Gasteiger partial charge in [-0.25, -0.2) is 4.98 Å². The summed E-state index contributed by atoms with van der Waals surface area (Å²) in [5.74, 6) is 0. The van der Waals surface area contributed by atoms with Crippen molar-refractivity contribution in [3.63, 3.8) is 0 Å². The Balaban J connectivity index is 2.15. The molecule has 15 heavy (non-hydrogen) atoms. The molecule has 1 aromatic rings. The predicted molar refractivity (Wildman–Crippen MR) is 61.6 cm³/mol. The van der Waals surface area contributed by atoms with Crippen LogP contribution in [-0.4, -0.2) is 9.55 Å². The third kappa shape index (κ3) is 2.40. The van der Waals surface area contributed by atoms with Gasteiger partial charge in [0.1, 0.15) is 0 Å². The fourth-order valence-electron chi connectivity index (χ4n) is 2.51. The first-order valence-electron chi connectivity index (χ1n) is 6.06. The summed E-state index contributed by atoms with van der Waals surface area (Å²) < 4.78 is 2.30. The molecule has 0 bridgehead atoms. The molecule has 0 amide bonds. The van der Waals surface area contributed by atoms with E-state index in [1.165, 1.54) is 44.2 Å². The molecule has 3 heteroatoms. The van der Waals surface area contributed by atoms with Crippen LogP contribution in [0.3, 0.4) is 0 Å². The van der Waals surface area contributed by atoms with E-state index < -0.39 is 0 Å². The van der Waals surface area contributed by atoms with Gasteiger partial charge in [0.05, 0.1) is 12.0 Å². The van der Waals surface area contributed by atoms with E-state index in [1.807, 2.05) is 19.4 Å².